The van der Waals surface area contributed by atoms with Crippen LogP contribution in [0.15, 0.2) is 0 Å². The lowest BCUT2D eigenvalue weighted by Gasteiger charge is -2.25. The molecule has 1 unspecified atom stereocenters. The van der Waals surface area contributed by atoms with Crippen LogP contribution in [0.5, 0.6) is 0 Å². The summed E-state index contributed by atoms with van der Waals surface area (Å²) in [6.07, 6.45) is 0.720. The Bertz CT molecular complexity index is 434. The molecule has 0 bridgehead atoms. The molecule has 1 N–H and O–H groups in total. The van der Waals surface area contributed by atoms with Gasteiger partial charge < -0.3 is 10.1 Å². The van der Waals surface area contributed by atoms with Crippen LogP contribution in [0, 0.1) is 0 Å². The van der Waals surface area contributed by atoms with Crippen molar-refractivity contribution in [1.29, 1.82) is 0 Å². The summed E-state index contributed by atoms with van der Waals surface area (Å²) in [7, 11) is 0. The van der Waals surface area contributed by atoms with E-state index >= 15 is 0 Å². The number of imide groups is 1. The number of nitrogens with one attached hydrogen (secondary N) is 1. The highest BCUT2D eigenvalue weighted by Crippen LogP contribution is 2.27. The molecule has 1 atom stereocenters. The molecule has 1 rings (SSSR count). The van der Waals surface area contributed by atoms with Gasteiger partial charge >= 0.3 is 12.0 Å². The summed E-state index contributed by atoms with van der Waals surface area (Å²) in [6, 6.07) is -0.636. The highest BCUT2D eigenvalue weighted by Gasteiger charge is 2.52. The Balaban J connectivity index is 2.96. The van der Waals surface area contributed by atoms with Gasteiger partial charge in [-0.05, 0) is 20.3 Å². The van der Waals surface area contributed by atoms with Crippen LogP contribution >= 0.6 is 0 Å². The summed E-state index contributed by atoms with van der Waals surface area (Å²) in [5, 5.41) is 2.55. The predicted molar refractivity (Wildman–Crippen MR) is 69.8 cm³/mol. The Hall–Kier alpha value is -1.92. The van der Waals surface area contributed by atoms with Crippen molar-refractivity contribution in [2.75, 3.05) is 13.2 Å². The smallest absolute Gasteiger partial charge is 0.325 e. The van der Waals surface area contributed by atoms with Gasteiger partial charge in [0.2, 0.25) is 0 Å². The van der Waals surface area contributed by atoms with Gasteiger partial charge in [0.15, 0.2) is 0 Å². The maximum atomic E-state index is 12.4. The fourth-order valence-corrected chi connectivity index (χ4v) is 2.31. The summed E-state index contributed by atoms with van der Waals surface area (Å²) in [5.74, 6) is -1.37. The number of ether oxygens (including phenoxy) is 1. The number of ketones is 1. The van der Waals surface area contributed by atoms with Crippen molar-refractivity contribution in [3.05, 3.63) is 0 Å². The number of hydrogen-bond donors (Lipinski definition) is 1. The third-order valence-electron chi connectivity index (χ3n) is 3.05. The molecule has 1 heterocycles. The molecule has 7 heteroatoms. The van der Waals surface area contributed by atoms with Gasteiger partial charge in [0, 0.05) is 0 Å². The normalized spacial score (nSPS) is 21.9. The second-order valence-electron chi connectivity index (χ2n) is 4.84. The summed E-state index contributed by atoms with van der Waals surface area (Å²) in [6.45, 7) is 4.74. The lowest BCUT2D eigenvalue weighted by Crippen LogP contribution is -2.49. The summed E-state index contributed by atoms with van der Waals surface area (Å²) in [5.41, 5.74) is -1.28. The van der Waals surface area contributed by atoms with Crippen molar-refractivity contribution >= 4 is 23.7 Å². The molecule has 20 heavy (non-hydrogen) atoms. The number of hydrogen-bond acceptors (Lipinski definition) is 5. The van der Waals surface area contributed by atoms with Crippen LogP contribution in [-0.4, -0.2) is 47.3 Å². The van der Waals surface area contributed by atoms with E-state index in [0.717, 1.165) is 4.90 Å². The van der Waals surface area contributed by atoms with Gasteiger partial charge in [-0.1, -0.05) is 13.3 Å². The van der Waals surface area contributed by atoms with Crippen LogP contribution in [-0.2, 0) is 19.1 Å². The fourth-order valence-electron chi connectivity index (χ4n) is 2.31. The second kappa shape index (κ2) is 6.49. The molecule has 0 aromatic heterocycles. The molecule has 112 valence electrons. The van der Waals surface area contributed by atoms with E-state index < -0.39 is 23.4 Å². The maximum absolute atomic E-state index is 12.4. The average Bonchev–Trinajstić information content (AvgIpc) is 2.54. The van der Waals surface area contributed by atoms with Crippen molar-refractivity contribution in [2.24, 2.45) is 0 Å². The molecule has 0 aliphatic carbocycles. The molecular weight excluding hydrogens is 264 g/mol. The van der Waals surface area contributed by atoms with Crippen molar-refractivity contribution < 1.29 is 23.9 Å². The summed E-state index contributed by atoms with van der Waals surface area (Å²) in [4.78, 5) is 47.9. The lowest BCUT2D eigenvalue weighted by molar-refractivity contribution is -0.148. The number of nitrogens with zero attached hydrogens (tertiary/aromatic N) is 1. The van der Waals surface area contributed by atoms with Crippen molar-refractivity contribution in [3.63, 3.8) is 0 Å². The number of urea groups is 1. The third kappa shape index (κ3) is 3.34. The van der Waals surface area contributed by atoms with E-state index in [9.17, 15) is 19.2 Å². The van der Waals surface area contributed by atoms with Crippen molar-refractivity contribution in [2.45, 2.75) is 45.6 Å². The van der Waals surface area contributed by atoms with Crippen LogP contribution < -0.4 is 5.32 Å². The first kappa shape index (κ1) is 16.1. The minimum Gasteiger partial charge on any atom is -0.466 e. The second-order valence-corrected chi connectivity index (χ2v) is 4.84. The Morgan fingerprint density at radius 3 is 2.45 bits per heavy atom. The highest BCUT2D eigenvalue weighted by molar-refractivity contribution is 6.10. The first-order chi connectivity index (χ1) is 9.36. The molecule has 0 spiro atoms. The van der Waals surface area contributed by atoms with Crippen LogP contribution in [0.3, 0.4) is 0 Å². The quantitative estimate of drug-likeness (QED) is 0.546. The van der Waals surface area contributed by atoms with Gasteiger partial charge in [-0.2, -0.15) is 0 Å². The third-order valence-corrected chi connectivity index (χ3v) is 3.05. The largest absolute Gasteiger partial charge is 0.466 e. The van der Waals surface area contributed by atoms with E-state index in [1.165, 1.54) is 6.92 Å². The molecule has 7 nitrogen and oxygen atoms in total. The zero-order chi connectivity index (χ0) is 15.3. The van der Waals surface area contributed by atoms with Gasteiger partial charge in [-0.25, -0.2) is 4.79 Å². The number of esters is 1. The van der Waals surface area contributed by atoms with E-state index in [-0.39, 0.29) is 25.4 Å². The van der Waals surface area contributed by atoms with Crippen LogP contribution in [0.4, 0.5) is 4.79 Å². The standard InChI is InChI=1S/C13H20N2O5/c1-4-6-13(7-10(17)20-5-2)11(18)15(8-9(3)16)12(19)14-13/h4-8H2,1-3H3,(H,14,19). The minimum absolute atomic E-state index is 0.209. The van der Waals surface area contributed by atoms with Crippen LogP contribution in [0.2, 0.25) is 0 Å². The maximum Gasteiger partial charge on any atom is 0.325 e. The molecule has 0 saturated carbocycles. The number of amides is 3. The zero-order valence-corrected chi connectivity index (χ0v) is 12.0. The molecule has 1 saturated heterocycles. The Kier molecular flexibility index (Phi) is 5.24. The Morgan fingerprint density at radius 2 is 1.95 bits per heavy atom. The molecule has 0 aromatic rings. The summed E-state index contributed by atoms with van der Waals surface area (Å²) < 4.78 is 4.85. The predicted octanol–water partition coefficient (Wildman–Crippen LogP) is 0.619. The topological polar surface area (TPSA) is 92.8 Å². The SMILES string of the molecule is CCCC1(CC(=O)OCC)NC(=O)N(CC(C)=O)C1=O. The lowest BCUT2D eigenvalue weighted by atomic mass is 9.90. The van der Waals surface area contributed by atoms with Gasteiger partial charge in [-0.15, -0.1) is 0 Å². The Labute approximate surface area is 117 Å². The highest BCUT2D eigenvalue weighted by atomic mass is 16.5. The van der Waals surface area contributed by atoms with Gasteiger partial charge in [0.1, 0.15) is 11.3 Å². The van der Waals surface area contributed by atoms with Crippen molar-refractivity contribution in [3.8, 4) is 0 Å². The van der Waals surface area contributed by atoms with Gasteiger partial charge in [-0.3, -0.25) is 19.3 Å². The molecule has 0 aromatic carbocycles. The number of rotatable bonds is 7. The van der Waals surface area contributed by atoms with Gasteiger partial charge in [0.05, 0.1) is 19.6 Å². The molecule has 1 fully saturated rings. The van der Waals surface area contributed by atoms with E-state index in [1.807, 2.05) is 6.92 Å². The monoisotopic (exact) mass is 284 g/mol. The minimum atomic E-state index is -1.28. The van der Waals surface area contributed by atoms with Gasteiger partial charge in [0.25, 0.3) is 5.91 Å². The number of carbonyl (C=O) groups is 4. The average molecular weight is 284 g/mol. The molecule has 1 aliphatic rings. The molecule has 0 radical (unpaired) electrons. The van der Waals surface area contributed by atoms with E-state index in [4.69, 9.17) is 4.74 Å². The van der Waals surface area contributed by atoms with Crippen LogP contribution in [0.25, 0.3) is 0 Å². The van der Waals surface area contributed by atoms with Crippen molar-refractivity contribution in [1.82, 2.24) is 10.2 Å². The van der Waals surface area contributed by atoms with E-state index in [0.29, 0.717) is 12.8 Å². The summed E-state index contributed by atoms with van der Waals surface area (Å²) >= 11 is 0. The molecular formula is C13H20N2O5. The number of carbonyl (C=O) groups excluding carboxylic acids is 4. The van der Waals surface area contributed by atoms with E-state index in [1.54, 1.807) is 6.92 Å². The molecule has 1 aliphatic heterocycles. The number of Topliss-reactive ketones (excluding diaryl/α,β-unsaturated/α-hetero) is 1. The first-order valence-electron chi connectivity index (χ1n) is 6.65. The van der Waals surface area contributed by atoms with Crippen LogP contribution in [0.1, 0.15) is 40.0 Å². The zero-order valence-electron chi connectivity index (χ0n) is 12.0. The fraction of sp³-hybridized carbons (Fsp3) is 0.692. The first-order valence-corrected chi connectivity index (χ1v) is 6.65. The van der Waals surface area contributed by atoms with E-state index in [2.05, 4.69) is 5.32 Å². The molecule has 3 amide bonds. The Morgan fingerprint density at radius 1 is 1.30 bits per heavy atom.